The zero-order chi connectivity index (χ0) is 16.0. The summed E-state index contributed by atoms with van der Waals surface area (Å²) in [4.78, 5) is 10.8. The average Bonchev–Trinajstić information content (AvgIpc) is 2.43. The van der Waals surface area contributed by atoms with Gasteiger partial charge in [-0.05, 0) is 6.42 Å². The molecule has 0 spiro atoms. The van der Waals surface area contributed by atoms with E-state index in [0.29, 0.717) is 6.42 Å². The van der Waals surface area contributed by atoms with E-state index in [-0.39, 0.29) is 6.61 Å². The smallest absolute Gasteiger partial charge is 0.342 e. The number of rotatable bonds is 8. The standard InChI is InChI=1S/C14H17F3O4/c1-2-3-4-5-6-7-21-13-11(17)10(16)9(15)8(12(13)18)14(19)20/h18H,2-7H2,1H3,(H,19,20). The van der Waals surface area contributed by atoms with Gasteiger partial charge in [0.1, 0.15) is 5.56 Å². The number of benzene rings is 1. The van der Waals surface area contributed by atoms with E-state index < -0.39 is 40.5 Å². The Kier molecular flexibility index (Phi) is 6.33. The molecule has 1 aromatic rings. The molecule has 21 heavy (non-hydrogen) atoms. The van der Waals surface area contributed by atoms with Crippen LogP contribution in [0.3, 0.4) is 0 Å². The lowest BCUT2D eigenvalue weighted by Gasteiger charge is -2.12. The lowest BCUT2D eigenvalue weighted by molar-refractivity contribution is 0.0685. The number of phenols is 1. The molecule has 0 aliphatic carbocycles. The van der Waals surface area contributed by atoms with Crippen molar-refractivity contribution in [3.8, 4) is 11.5 Å². The Balaban J connectivity index is 2.85. The molecular formula is C14H17F3O4. The maximum Gasteiger partial charge on any atom is 0.342 e. The van der Waals surface area contributed by atoms with Gasteiger partial charge in [-0.2, -0.15) is 4.39 Å². The Morgan fingerprint density at radius 2 is 1.67 bits per heavy atom. The molecule has 0 heterocycles. The van der Waals surface area contributed by atoms with E-state index in [2.05, 4.69) is 0 Å². The minimum atomic E-state index is -1.98. The number of unbranched alkanes of at least 4 members (excludes halogenated alkanes) is 4. The Hall–Kier alpha value is -1.92. The fourth-order valence-electron chi connectivity index (χ4n) is 1.83. The lowest BCUT2D eigenvalue weighted by Crippen LogP contribution is -2.09. The summed E-state index contributed by atoms with van der Waals surface area (Å²) in [7, 11) is 0. The van der Waals surface area contributed by atoms with E-state index >= 15 is 0 Å². The topological polar surface area (TPSA) is 66.8 Å². The van der Waals surface area contributed by atoms with Gasteiger partial charge in [0, 0.05) is 0 Å². The molecule has 7 heteroatoms. The van der Waals surface area contributed by atoms with Crippen molar-refractivity contribution in [2.45, 2.75) is 39.0 Å². The van der Waals surface area contributed by atoms with Crippen LogP contribution in [0, 0.1) is 17.5 Å². The van der Waals surface area contributed by atoms with Crippen molar-refractivity contribution in [1.82, 2.24) is 0 Å². The molecule has 0 aliphatic rings. The van der Waals surface area contributed by atoms with Crippen LogP contribution in [-0.2, 0) is 0 Å². The highest BCUT2D eigenvalue weighted by Gasteiger charge is 2.29. The molecule has 0 saturated heterocycles. The molecule has 0 aromatic heterocycles. The van der Waals surface area contributed by atoms with Gasteiger partial charge in [0.2, 0.25) is 11.6 Å². The van der Waals surface area contributed by atoms with Crippen LogP contribution >= 0.6 is 0 Å². The van der Waals surface area contributed by atoms with Crippen molar-refractivity contribution < 1.29 is 32.9 Å². The largest absolute Gasteiger partial charge is 0.504 e. The highest BCUT2D eigenvalue weighted by Crippen LogP contribution is 2.37. The van der Waals surface area contributed by atoms with Gasteiger partial charge in [-0.25, -0.2) is 13.6 Å². The van der Waals surface area contributed by atoms with Crippen molar-refractivity contribution in [3.63, 3.8) is 0 Å². The molecule has 0 aliphatic heterocycles. The molecule has 0 radical (unpaired) electrons. The number of hydrogen-bond donors (Lipinski definition) is 2. The molecular weight excluding hydrogens is 289 g/mol. The summed E-state index contributed by atoms with van der Waals surface area (Å²) in [5, 5.41) is 18.2. The second kappa shape index (κ2) is 7.75. The molecule has 0 amide bonds. The number of halogens is 3. The van der Waals surface area contributed by atoms with Gasteiger partial charge in [0.15, 0.2) is 17.4 Å². The van der Waals surface area contributed by atoms with Crippen LogP contribution in [0.15, 0.2) is 0 Å². The number of carboxylic acid groups (broad SMARTS) is 1. The second-order valence-electron chi connectivity index (χ2n) is 4.56. The van der Waals surface area contributed by atoms with Gasteiger partial charge >= 0.3 is 5.97 Å². The minimum Gasteiger partial charge on any atom is -0.504 e. The van der Waals surface area contributed by atoms with Crippen molar-refractivity contribution in [3.05, 3.63) is 23.0 Å². The van der Waals surface area contributed by atoms with Gasteiger partial charge in [-0.3, -0.25) is 0 Å². The van der Waals surface area contributed by atoms with Crippen LogP contribution < -0.4 is 4.74 Å². The number of aromatic carboxylic acids is 1. The molecule has 0 atom stereocenters. The highest BCUT2D eigenvalue weighted by molar-refractivity contribution is 5.92. The molecule has 0 fully saturated rings. The third kappa shape index (κ3) is 4.03. The maximum absolute atomic E-state index is 13.5. The normalized spacial score (nSPS) is 10.7. The fourth-order valence-corrected chi connectivity index (χ4v) is 1.83. The average molecular weight is 306 g/mol. The van der Waals surface area contributed by atoms with Crippen molar-refractivity contribution in [2.75, 3.05) is 6.61 Å². The van der Waals surface area contributed by atoms with Gasteiger partial charge in [-0.1, -0.05) is 32.6 Å². The second-order valence-corrected chi connectivity index (χ2v) is 4.56. The number of carbonyl (C=O) groups is 1. The number of aromatic hydroxyl groups is 1. The third-order valence-corrected chi connectivity index (χ3v) is 2.96. The van der Waals surface area contributed by atoms with E-state index in [1.807, 2.05) is 6.92 Å². The lowest BCUT2D eigenvalue weighted by atomic mass is 10.1. The summed E-state index contributed by atoms with van der Waals surface area (Å²) in [6.45, 7) is 2.01. The van der Waals surface area contributed by atoms with E-state index in [0.717, 1.165) is 25.7 Å². The Morgan fingerprint density at radius 3 is 2.24 bits per heavy atom. The molecule has 1 rings (SSSR count). The van der Waals surface area contributed by atoms with Crippen LogP contribution in [0.2, 0.25) is 0 Å². The van der Waals surface area contributed by atoms with Crippen LogP contribution in [0.1, 0.15) is 49.4 Å². The Bertz CT molecular complexity index is 518. The van der Waals surface area contributed by atoms with Crippen LogP contribution in [0.4, 0.5) is 13.2 Å². The van der Waals surface area contributed by atoms with E-state index in [4.69, 9.17) is 9.84 Å². The van der Waals surface area contributed by atoms with Gasteiger partial charge in [-0.15, -0.1) is 0 Å². The van der Waals surface area contributed by atoms with Gasteiger partial charge in [0.25, 0.3) is 0 Å². The molecule has 0 saturated carbocycles. The number of ether oxygens (including phenoxy) is 1. The fraction of sp³-hybridized carbons (Fsp3) is 0.500. The maximum atomic E-state index is 13.5. The molecule has 118 valence electrons. The Labute approximate surface area is 120 Å². The summed E-state index contributed by atoms with van der Waals surface area (Å²) in [6, 6.07) is 0. The summed E-state index contributed by atoms with van der Waals surface area (Å²) in [6.07, 6.45) is 4.35. The molecule has 4 nitrogen and oxygen atoms in total. The van der Waals surface area contributed by atoms with Gasteiger partial charge < -0.3 is 14.9 Å². The zero-order valence-electron chi connectivity index (χ0n) is 11.6. The predicted octanol–water partition coefficient (Wildman–Crippen LogP) is 3.86. The summed E-state index contributed by atoms with van der Waals surface area (Å²) in [5.74, 6) is -9.78. The first kappa shape index (κ1) is 17.1. The van der Waals surface area contributed by atoms with Crippen molar-refractivity contribution in [2.24, 2.45) is 0 Å². The zero-order valence-corrected chi connectivity index (χ0v) is 11.6. The molecule has 0 bridgehead atoms. The van der Waals surface area contributed by atoms with E-state index in [9.17, 15) is 23.1 Å². The summed E-state index contributed by atoms with van der Waals surface area (Å²) >= 11 is 0. The first-order valence-corrected chi connectivity index (χ1v) is 6.67. The quantitative estimate of drug-likeness (QED) is 0.565. The van der Waals surface area contributed by atoms with Crippen LogP contribution in [0.5, 0.6) is 11.5 Å². The number of hydrogen-bond acceptors (Lipinski definition) is 3. The molecule has 2 N–H and O–H groups in total. The van der Waals surface area contributed by atoms with E-state index in [1.54, 1.807) is 0 Å². The third-order valence-electron chi connectivity index (χ3n) is 2.96. The van der Waals surface area contributed by atoms with Crippen molar-refractivity contribution >= 4 is 5.97 Å². The minimum absolute atomic E-state index is 0.0294. The summed E-state index contributed by atoms with van der Waals surface area (Å²) < 4.78 is 44.9. The first-order valence-electron chi connectivity index (χ1n) is 6.67. The predicted molar refractivity (Wildman–Crippen MR) is 69.2 cm³/mol. The first-order chi connectivity index (χ1) is 9.91. The molecule has 0 unspecified atom stereocenters. The van der Waals surface area contributed by atoms with E-state index in [1.165, 1.54) is 0 Å². The van der Waals surface area contributed by atoms with Crippen LogP contribution in [0.25, 0.3) is 0 Å². The molecule has 1 aromatic carbocycles. The highest BCUT2D eigenvalue weighted by atomic mass is 19.2. The van der Waals surface area contributed by atoms with Gasteiger partial charge in [0.05, 0.1) is 6.61 Å². The van der Waals surface area contributed by atoms with Crippen molar-refractivity contribution in [1.29, 1.82) is 0 Å². The Morgan fingerprint density at radius 1 is 1.05 bits per heavy atom. The number of carboxylic acids is 1. The summed E-state index contributed by atoms with van der Waals surface area (Å²) in [5.41, 5.74) is -1.34. The van der Waals surface area contributed by atoms with Crippen LogP contribution in [-0.4, -0.2) is 22.8 Å². The SMILES string of the molecule is CCCCCCCOc1c(O)c(C(=O)O)c(F)c(F)c1F. The monoisotopic (exact) mass is 306 g/mol.